The number of piperidine rings is 1. The summed E-state index contributed by atoms with van der Waals surface area (Å²) < 4.78 is 1.24. The second-order valence-electron chi connectivity index (χ2n) is 7.92. The maximum atomic E-state index is 12.7. The molecule has 0 bridgehead atoms. The predicted octanol–water partition coefficient (Wildman–Crippen LogP) is 4.30. The molecule has 1 aromatic heterocycles. The highest BCUT2D eigenvalue weighted by atomic mass is 35.5. The van der Waals surface area contributed by atoms with Crippen molar-refractivity contribution in [1.29, 1.82) is 0 Å². The first-order chi connectivity index (χ1) is 13.8. The van der Waals surface area contributed by atoms with E-state index in [2.05, 4.69) is 10.4 Å². The van der Waals surface area contributed by atoms with E-state index in [1.807, 2.05) is 31.7 Å². The lowest BCUT2D eigenvalue weighted by atomic mass is 10.0. The average Bonchev–Trinajstić information content (AvgIpc) is 2.68. The minimum atomic E-state index is -0.402. The fraction of sp³-hybridized carbons (Fsp3) is 0.476. The summed E-state index contributed by atoms with van der Waals surface area (Å²) in [5.41, 5.74) is 1.60. The van der Waals surface area contributed by atoms with Gasteiger partial charge in [0.25, 0.3) is 5.56 Å². The summed E-state index contributed by atoms with van der Waals surface area (Å²) in [7, 11) is 0. The molecule has 2 aromatic rings. The van der Waals surface area contributed by atoms with Crippen LogP contribution in [0.15, 0.2) is 29.2 Å². The number of carbonyl (C=O) groups is 1. The smallest absolute Gasteiger partial charge is 0.292 e. The number of nitrogens with zero attached hydrogens (tertiary/aromatic N) is 3. The van der Waals surface area contributed by atoms with E-state index in [9.17, 15) is 9.59 Å². The Morgan fingerprint density at radius 1 is 1.28 bits per heavy atom. The van der Waals surface area contributed by atoms with Gasteiger partial charge in [0.15, 0.2) is 0 Å². The summed E-state index contributed by atoms with van der Waals surface area (Å²) in [6, 6.07) is 5.45. The van der Waals surface area contributed by atoms with E-state index in [0.717, 1.165) is 18.4 Å². The van der Waals surface area contributed by atoms with E-state index < -0.39 is 5.56 Å². The number of likely N-dealkylation sites (tertiary alicyclic amines) is 1. The monoisotopic (exact) mass is 436 g/mol. The van der Waals surface area contributed by atoms with Crippen molar-refractivity contribution in [1.82, 2.24) is 14.7 Å². The van der Waals surface area contributed by atoms with Crippen LogP contribution in [0.25, 0.3) is 5.69 Å². The van der Waals surface area contributed by atoms with E-state index in [1.165, 1.54) is 4.68 Å². The van der Waals surface area contributed by atoms with Gasteiger partial charge in [0.05, 0.1) is 17.6 Å². The Kier molecular flexibility index (Phi) is 6.85. The summed E-state index contributed by atoms with van der Waals surface area (Å²) in [5, 5.41) is 8.23. The molecular formula is C21H26Cl2N4O2. The van der Waals surface area contributed by atoms with Gasteiger partial charge in [0, 0.05) is 30.6 Å². The van der Waals surface area contributed by atoms with Gasteiger partial charge < -0.3 is 10.2 Å². The highest BCUT2D eigenvalue weighted by molar-refractivity contribution is 6.33. The second kappa shape index (κ2) is 9.18. The number of anilines is 1. The van der Waals surface area contributed by atoms with Crippen LogP contribution in [0.2, 0.25) is 10.0 Å². The Morgan fingerprint density at radius 3 is 2.59 bits per heavy atom. The Bertz CT molecular complexity index is 950. The van der Waals surface area contributed by atoms with Gasteiger partial charge in [-0.1, -0.05) is 43.1 Å². The Morgan fingerprint density at radius 2 is 1.97 bits per heavy atom. The van der Waals surface area contributed by atoms with Crippen molar-refractivity contribution in [3.63, 3.8) is 0 Å². The molecule has 2 heterocycles. The van der Waals surface area contributed by atoms with Gasteiger partial charge in [0.2, 0.25) is 5.91 Å². The molecule has 1 aliphatic heterocycles. The Balaban J connectivity index is 1.68. The maximum Gasteiger partial charge on any atom is 0.292 e. The zero-order valence-electron chi connectivity index (χ0n) is 16.9. The number of benzene rings is 1. The van der Waals surface area contributed by atoms with Crippen LogP contribution in [0.5, 0.6) is 0 Å². The number of nitrogens with one attached hydrogen (secondary N) is 1. The molecule has 0 saturated carbocycles. The predicted molar refractivity (Wildman–Crippen MR) is 117 cm³/mol. The SMILES string of the molecule is Cc1ccc(-n2ncc(NC3CCN(C(=O)CC(C)C)CC3)c(Cl)c2=O)cc1Cl. The quantitative estimate of drug-likeness (QED) is 0.758. The van der Waals surface area contributed by atoms with Crippen LogP contribution >= 0.6 is 23.2 Å². The normalized spacial score (nSPS) is 15.0. The molecule has 1 fully saturated rings. The Hall–Kier alpha value is -2.05. The molecule has 0 aliphatic carbocycles. The fourth-order valence-electron chi connectivity index (χ4n) is 3.40. The number of hydrogen-bond acceptors (Lipinski definition) is 4. The van der Waals surface area contributed by atoms with Crippen LogP contribution in [0, 0.1) is 12.8 Å². The number of aryl methyl sites for hydroxylation is 1. The molecule has 0 radical (unpaired) electrons. The maximum absolute atomic E-state index is 12.7. The van der Waals surface area contributed by atoms with Gasteiger partial charge in [-0.15, -0.1) is 0 Å². The first-order valence-corrected chi connectivity index (χ1v) is 10.6. The number of carbonyl (C=O) groups excluding carboxylic acids is 1. The summed E-state index contributed by atoms with van der Waals surface area (Å²) in [4.78, 5) is 26.8. The number of hydrogen-bond donors (Lipinski definition) is 1. The molecule has 0 unspecified atom stereocenters. The van der Waals surface area contributed by atoms with Gasteiger partial charge in [-0.2, -0.15) is 9.78 Å². The molecule has 1 aromatic carbocycles. The number of amides is 1. The lowest BCUT2D eigenvalue weighted by Gasteiger charge is -2.33. The molecule has 3 rings (SSSR count). The van der Waals surface area contributed by atoms with Gasteiger partial charge in [0.1, 0.15) is 5.02 Å². The zero-order chi connectivity index (χ0) is 21.1. The van der Waals surface area contributed by atoms with E-state index >= 15 is 0 Å². The summed E-state index contributed by atoms with van der Waals surface area (Å²) in [6.07, 6.45) is 3.75. The van der Waals surface area contributed by atoms with Crippen molar-refractivity contribution in [2.45, 2.75) is 46.1 Å². The average molecular weight is 437 g/mol. The van der Waals surface area contributed by atoms with Crippen molar-refractivity contribution < 1.29 is 4.79 Å². The molecule has 1 aliphatic rings. The zero-order valence-corrected chi connectivity index (χ0v) is 18.4. The number of halogens is 2. The van der Waals surface area contributed by atoms with E-state index in [4.69, 9.17) is 23.2 Å². The molecule has 6 nitrogen and oxygen atoms in total. The molecule has 0 spiro atoms. The highest BCUT2D eigenvalue weighted by Gasteiger charge is 2.24. The van der Waals surface area contributed by atoms with Crippen molar-refractivity contribution in [3.8, 4) is 5.69 Å². The molecule has 0 atom stereocenters. The molecule has 156 valence electrons. The first-order valence-electron chi connectivity index (χ1n) is 9.85. The topological polar surface area (TPSA) is 67.2 Å². The number of rotatable bonds is 5. The van der Waals surface area contributed by atoms with Gasteiger partial charge in [-0.3, -0.25) is 9.59 Å². The molecule has 1 N–H and O–H groups in total. The van der Waals surface area contributed by atoms with Crippen LogP contribution in [0.1, 0.15) is 38.7 Å². The third-order valence-corrected chi connectivity index (χ3v) is 5.88. The van der Waals surface area contributed by atoms with Crippen molar-refractivity contribution in [3.05, 3.63) is 50.4 Å². The standard InChI is InChI=1S/C21H26Cl2N4O2/c1-13(2)10-19(28)26-8-6-15(7-9-26)25-18-12-24-27(21(29)20(18)23)16-5-4-14(3)17(22)11-16/h4-5,11-13,15,25H,6-10H2,1-3H3. The third-order valence-electron chi connectivity index (χ3n) is 5.11. The number of aromatic nitrogens is 2. The fourth-order valence-corrected chi connectivity index (χ4v) is 3.76. The van der Waals surface area contributed by atoms with Crippen LogP contribution in [0.4, 0.5) is 5.69 Å². The lowest BCUT2D eigenvalue weighted by molar-refractivity contribution is -0.132. The summed E-state index contributed by atoms with van der Waals surface area (Å²) in [5.74, 6) is 0.565. The van der Waals surface area contributed by atoms with Crippen molar-refractivity contribution >= 4 is 34.8 Å². The van der Waals surface area contributed by atoms with E-state index in [1.54, 1.807) is 18.3 Å². The van der Waals surface area contributed by atoms with Crippen molar-refractivity contribution in [2.75, 3.05) is 18.4 Å². The highest BCUT2D eigenvalue weighted by Crippen LogP contribution is 2.23. The molecule has 8 heteroatoms. The van der Waals surface area contributed by atoms with Crippen molar-refractivity contribution in [2.24, 2.45) is 5.92 Å². The van der Waals surface area contributed by atoms with Gasteiger partial charge >= 0.3 is 0 Å². The van der Waals surface area contributed by atoms with Crippen LogP contribution < -0.4 is 10.9 Å². The van der Waals surface area contributed by atoms with Gasteiger partial charge in [-0.05, 0) is 43.4 Å². The van der Waals surface area contributed by atoms with E-state index in [0.29, 0.717) is 41.8 Å². The molecule has 1 saturated heterocycles. The minimum Gasteiger partial charge on any atom is -0.380 e. The lowest BCUT2D eigenvalue weighted by Crippen LogP contribution is -2.42. The summed E-state index contributed by atoms with van der Waals surface area (Å²) >= 11 is 12.5. The summed E-state index contributed by atoms with van der Waals surface area (Å²) in [6.45, 7) is 7.40. The second-order valence-corrected chi connectivity index (χ2v) is 8.71. The minimum absolute atomic E-state index is 0.0926. The Labute approximate surface area is 180 Å². The van der Waals surface area contributed by atoms with Gasteiger partial charge in [-0.25, -0.2) is 0 Å². The molecule has 1 amide bonds. The molecular weight excluding hydrogens is 411 g/mol. The molecule has 29 heavy (non-hydrogen) atoms. The van der Waals surface area contributed by atoms with Crippen LogP contribution in [0.3, 0.4) is 0 Å². The van der Waals surface area contributed by atoms with Crippen LogP contribution in [-0.4, -0.2) is 39.7 Å². The third kappa shape index (κ3) is 5.11. The van der Waals surface area contributed by atoms with Crippen LogP contribution in [-0.2, 0) is 4.79 Å². The first kappa shape index (κ1) is 21.7. The largest absolute Gasteiger partial charge is 0.380 e. The van der Waals surface area contributed by atoms with E-state index in [-0.39, 0.29) is 17.0 Å².